The van der Waals surface area contributed by atoms with Crippen molar-refractivity contribution in [1.29, 1.82) is 0 Å². The fourth-order valence-corrected chi connectivity index (χ4v) is 2.26. The summed E-state index contributed by atoms with van der Waals surface area (Å²) in [6, 6.07) is 0.520. The van der Waals surface area contributed by atoms with Crippen molar-refractivity contribution in [3.63, 3.8) is 0 Å². The Kier molecular flexibility index (Phi) is 4.31. The lowest BCUT2D eigenvalue weighted by Gasteiger charge is -2.37. The first-order chi connectivity index (χ1) is 8.54. The fraction of sp³-hybridized carbons (Fsp3) is 0.833. The summed E-state index contributed by atoms with van der Waals surface area (Å²) in [5.41, 5.74) is 5.72. The molecule has 0 aromatic carbocycles. The number of aromatic nitrogens is 2. The molecule has 2 atom stereocenters. The highest BCUT2D eigenvalue weighted by Gasteiger charge is 2.24. The van der Waals surface area contributed by atoms with E-state index >= 15 is 0 Å². The SMILES string of the molecule is CC(N)Cc1nc(CC2CN(C)CCN2C)no1. The number of hydrogen-bond donors (Lipinski definition) is 1. The molecule has 6 heteroatoms. The summed E-state index contributed by atoms with van der Waals surface area (Å²) in [7, 11) is 4.30. The normalized spacial score (nSPS) is 24.3. The van der Waals surface area contributed by atoms with Crippen molar-refractivity contribution < 1.29 is 4.52 Å². The molecule has 0 bridgehead atoms. The van der Waals surface area contributed by atoms with Crippen molar-refractivity contribution in [2.75, 3.05) is 33.7 Å². The third kappa shape index (κ3) is 3.51. The molecule has 0 spiro atoms. The van der Waals surface area contributed by atoms with Gasteiger partial charge >= 0.3 is 0 Å². The molecule has 1 fully saturated rings. The highest BCUT2D eigenvalue weighted by atomic mass is 16.5. The molecule has 1 saturated heterocycles. The summed E-state index contributed by atoms with van der Waals surface area (Å²) in [6.45, 7) is 5.20. The third-order valence-corrected chi connectivity index (χ3v) is 3.41. The van der Waals surface area contributed by atoms with Crippen LogP contribution in [-0.2, 0) is 12.8 Å². The first-order valence-electron chi connectivity index (χ1n) is 6.50. The van der Waals surface area contributed by atoms with E-state index < -0.39 is 0 Å². The van der Waals surface area contributed by atoms with E-state index in [1.807, 2.05) is 6.92 Å². The lowest BCUT2D eigenvalue weighted by Crippen LogP contribution is -2.50. The molecular formula is C12H23N5O. The summed E-state index contributed by atoms with van der Waals surface area (Å²) in [5.74, 6) is 1.43. The van der Waals surface area contributed by atoms with E-state index in [0.717, 1.165) is 31.9 Å². The van der Waals surface area contributed by atoms with Gasteiger partial charge in [-0.05, 0) is 21.0 Å². The summed E-state index contributed by atoms with van der Waals surface area (Å²) in [5, 5.41) is 4.04. The summed E-state index contributed by atoms with van der Waals surface area (Å²) >= 11 is 0. The van der Waals surface area contributed by atoms with Crippen molar-refractivity contribution in [1.82, 2.24) is 19.9 Å². The van der Waals surface area contributed by atoms with Gasteiger partial charge in [0.2, 0.25) is 5.89 Å². The number of rotatable bonds is 4. The molecule has 1 aliphatic rings. The minimum atomic E-state index is 0.0572. The van der Waals surface area contributed by atoms with E-state index in [1.54, 1.807) is 0 Å². The highest BCUT2D eigenvalue weighted by molar-refractivity contribution is 4.94. The van der Waals surface area contributed by atoms with Crippen LogP contribution in [-0.4, -0.2) is 65.8 Å². The zero-order valence-corrected chi connectivity index (χ0v) is 11.5. The molecule has 102 valence electrons. The van der Waals surface area contributed by atoms with Gasteiger partial charge in [0.05, 0.1) is 0 Å². The Bertz CT molecular complexity index is 378. The van der Waals surface area contributed by atoms with Gasteiger partial charge in [-0.3, -0.25) is 0 Å². The Morgan fingerprint density at radius 2 is 2.22 bits per heavy atom. The van der Waals surface area contributed by atoms with Crippen LogP contribution in [0.4, 0.5) is 0 Å². The largest absolute Gasteiger partial charge is 0.339 e. The fourth-order valence-electron chi connectivity index (χ4n) is 2.26. The van der Waals surface area contributed by atoms with E-state index in [1.165, 1.54) is 0 Å². The number of hydrogen-bond acceptors (Lipinski definition) is 6. The minimum absolute atomic E-state index is 0.0572. The van der Waals surface area contributed by atoms with Crippen LogP contribution >= 0.6 is 0 Å². The van der Waals surface area contributed by atoms with Crippen molar-refractivity contribution >= 4 is 0 Å². The van der Waals surface area contributed by atoms with E-state index in [9.17, 15) is 0 Å². The van der Waals surface area contributed by atoms with Gasteiger partial charge in [0.25, 0.3) is 0 Å². The van der Waals surface area contributed by atoms with Crippen molar-refractivity contribution in [2.24, 2.45) is 5.73 Å². The summed E-state index contributed by atoms with van der Waals surface area (Å²) in [4.78, 5) is 9.10. The Morgan fingerprint density at radius 3 is 2.94 bits per heavy atom. The predicted octanol–water partition coefficient (Wildman–Crippen LogP) is -0.252. The average molecular weight is 253 g/mol. The second kappa shape index (κ2) is 5.77. The van der Waals surface area contributed by atoms with Crippen molar-refractivity contribution in [3.8, 4) is 0 Å². The monoisotopic (exact) mass is 253 g/mol. The van der Waals surface area contributed by atoms with Gasteiger partial charge in [0.1, 0.15) is 0 Å². The van der Waals surface area contributed by atoms with Crippen molar-refractivity contribution in [3.05, 3.63) is 11.7 Å². The first kappa shape index (κ1) is 13.5. The standard InChI is InChI=1S/C12H23N5O/c1-9(13)6-12-14-11(15-18-12)7-10-8-16(2)4-5-17(10)3/h9-10H,4-8,13H2,1-3H3. The molecule has 2 heterocycles. The van der Waals surface area contributed by atoms with Gasteiger partial charge < -0.3 is 20.1 Å². The van der Waals surface area contributed by atoms with Gasteiger partial charge in [-0.2, -0.15) is 4.98 Å². The molecule has 1 aromatic rings. The van der Waals surface area contributed by atoms with E-state index in [0.29, 0.717) is 18.4 Å². The molecule has 2 unspecified atom stereocenters. The van der Waals surface area contributed by atoms with Gasteiger partial charge in [-0.25, -0.2) is 0 Å². The van der Waals surface area contributed by atoms with Crippen LogP contribution < -0.4 is 5.73 Å². The molecule has 2 rings (SSSR count). The maximum Gasteiger partial charge on any atom is 0.228 e. The van der Waals surface area contributed by atoms with Gasteiger partial charge in [0.15, 0.2) is 5.82 Å². The molecule has 0 amide bonds. The van der Waals surface area contributed by atoms with E-state index in [2.05, 4.69) is 34.0 Å². The number of piperazine rings is 1. The zero-order chi connectivity index (χ0) is 13.1. The lowest BCUT2D eigenvalue weighted by molar-refractivity contribution is 0.113. The van der Waals surface area contributed by atoms with E-state index in [4.69, 9.17) is 10.3 Å². The molecule has 18 heavy (non-hydrogen) atoms. The van der Waals surface area contributed by atoms with Gasteiger partial charge in [-0.15, -0.1) is 0 Å². The lowest BCUT2D eigenvalue weighted by atomic mass is 10.1. The molecule has 6 nitrogen and oxygen atoms in total. The first-order valence-corrected chi connectivity index (χ1v) is 6.50. The van der Waals surface area contributed by atoms with Crippen LogP contribution in [0.5, 0.6) is 0 Å². The molecule has 2 N–H and O–H groups in total. The van der Waals surface area contributed by atoms with Crippen LogP contribution in [0.2, 0.25) is 0 Å². The molecule has 0 saturated carbocycles. The quantitative estimate of drug-likeness (QED) is 0.797. The van der Waals surface area contributed by atoms with Gasteiger partial charge in [-0.1, -0.05) is 5.16 Å². The topological polar surface area (TPSA) is 71.4 Å². The molecule has 0 aliphatic carbocycles. The number of nitrogens with two attached hydrogens (primary N) is 1. The second-order valence-corrected chi connectivity index (χ2v) is 5.39. The van der Waals surface area contributed by atoms with E-state index in [-0.39, 0.29) is 6.04 Å². The second-order valence-electron chi connectivity index (χ2n) is 5.39. The number of nitrogens with zero attached hydrogens (tertiary/aromatic N) is 4. The van der Waals surface area contributed by atoms with Crippen LogP contribution in [0.1, 0.15) is 18.6 Å². The smallest absolute Gasteiger partial charge is 0.228 e. The average Bonchev–Trinajstić information content (AvgIpc) is 2.70. The molecular weight excluding hydrogens is 230 g/mol. The maximum atomic E-state index is 5.72. The summed E-state index contributed by atoms with van der Waals surface area (Å²) < 4.78 is 5.21. The molecule has 1 aromatic heterocycles. The molecule has 1 aliphatic heterocycles. The predicted molar refractivity (Wildman–Crippen MR) is 69.3 cm³/mol. The van der Waals surface area contributed by atoms with Crippen LogP contribution in [0, 0.1) is 0 Å². The number of likely N-dealkylation sites (N-methyl/N-ethyl adjacent to an activating group) is 2. The van der Waals surface area contributed by atoms with Crippen LogP contribution in [0.3, 0.4) is 0 Å². The Labute approximate surface area is 108 Å². The van der Waals surface area contributed by atoms with Crippen LogP contribution in [0.15, 0.2) is 4.52 Å². The molecule has 0 radical (unpaired) electrons. The van der Waals surface area contributed by atoms with Crippen molar-refractivity contribution in [2.45, 2.75) is 31.8 Å². The highest BCUT2D eigenvalue weighted by Crippen LogP contribution is 2.11. The Balaban J connectivity index is 1.93. The van der Waals surface area contributed by atoms with Crippen LogP contribution in [0.25, 0.3) is 0 Å². The zero-order valence-electron chi connectivity index (χ0n) is 11.5. The maximum absolute atomic E-state index is 5.72. The minimum Gasteiger partial charge on any atom is -0.339 e. The Hall–Kier alpha value is -0.980. The third-order valence-electron chi connectivity index (χ3n) is 3.41. The Morgan fingerprint density at radius 1 is 1.44 bits per heavy atom. The summed E-state index contributed by atoms with van der Waals surface area (Å²) in [6.07, 6.45) is 1.48. The van der Waals surface area contributed by atoms with Gasteiger partial charge in [0, 0.05) is 44.6 Å².